The molecular weight excluding hydrogens is 318 g/mol. The average Bonchev–Trinajstić information content (AvgIpc) is 3.06. The van der Waals surface area contributed by atoms with Crippen LogP contribution in [-0.4, -0.2) is 20.1 Å². The van der Waals surface area contributed by atoms with Gasteiger partial charge in [0.1, 0.15) is 22.8 Å². The second-order valence-electron chi connectivity index (χ2n) is 5.42. The van der Waals surface area contributed by atoms with E-state index < -0.39 is 0 Å². The van der Waals surface area contributed by atoms with E-state index in [0.717, 1.165) is 28.0 Å². The molecule has 25 heavy (non-hydrogen) atoms. The molecule has 3 rings (SSSR count). The minimum atomic E-state index is -0.205. The number of carbonyl (C=O) groups excluding carboxylic acids is 1. The van der Waals surface area contributed by atoms with Crippen LogP contribution in [0.4, 0.5) is 0 Å². The minimum Gasteiger partial charge on any atom is -0.497 e. The fourth-order valence-electron chi connectivity index (χ4n) is 2.50. The Hall–Kier alpha value is -3.21. The van der Waals surface area contributed by atoms with Crippen LogP contribution in [0, 0.1) is 0 Å². The van der Waals surface area contributed by atoms with Crippen LogP contribution in [0.1, 0.15) is 11.3 Å². The summed E-state index contributed by atoms with van der Waals surface area (Å²) in [6, 6.07) is 15.0. The Labute approximate surface area is 145 Å². The summed E-state index contributed by atoms with van der Waals surface area (Å²) in [5.41, 5.74) is 1.66. The Balaban J connectivity index is 1.64. The number of ether oxygens (including phenoxy) is 2. The van der Waals surface area contributed by atoms with Gasteiger partial charge in [-0.15, -0.1) is 0 Å². The Bertz CT molecular complexity index is 911. The highest BCUT2D eigenvalue weighted by Crippen LogP contribution is 2.24. The molecular formula is C20H19NO4. The van der Waals surface area contributed by atoms with Gasteiger partial charge in [0.15, 0.2) is 0 Å². The predicted octanol–water partition coefficient (Wildman–Crippen LogP) is 3.78. The van der Waals surface area contributed by atoms with Crippen molar-refractivity contribution in [3.63, 3.8) is 0 Å². The molecule has 0 radical (unpaired) electrons. The fraction of sp³-hybridized carbons (Fsp3) is 0.150. The van der Waals surface area contributed by atoms with Crippen molar-refractivity contribution in [3.05, 3.63) is 65.9 Å². The van der Waals surface area contributed by atoms with Gasteiger partial charge in [0.05, 0.1) is 14.2 Å². The van der Waals surface area contributed by atoms with Crippen LogP contribution >= 0.6 is 0 Å². The smallest absolute Gasteiger partial charge is 0.244 e. The molecule has 0 saturated carbocycles. The number of furan rings is 1. The van der Waals surface area contributed by atoms with Gasteiger partial charge in [-0.25, -0.2) is 0 Å². The molecule has 0 fully saturated rings. The molecule has 1 heterocycles. The Morgan fingerprint density at radius 1 is 1.12 bits per heavy atom. The highest BCUT2D eigenvalue weighted by Gasteiger charge is 2.05. The van der Waals surface area contributed by atoms with Crippen molar-refractivity contribution in [1.29, 1.82) is 0 Å². The lowest BCUT2D eigenvalue weighted by Gasteiger charge is -2.08. The van der Waals surface area contributed by atoms with Gasteiger partial charge in [0.2, 0.25) is 5.91 Å². The van der Waals surface area contributed by atoms with Crippen LogP contribution in [0.5, 0.6) is 11.5 Å². The molecule has 3 aromatic rings. The average molecular weight is 337 g/mol. The molecule has 1 N–H and O–H groups in total. The first-order chi connectivity index (χ1) is 12.2. The van der Waals surface area contributed by atoms with Crippen molar-refractivity contribution in [2.45, 2.75) is 6.54 Å². The quantitative estimate of drug-likeness (QED) is 0.696. The number of benzene rings is 2. The summed E-state index contributed by atoms with van der Waals surface area (Å²) in [4.78, 5) is 12.0. The van der Waals surface area contributed by atoms with Gasteiger partial charge in [0.25, 0.3) is 0 Å². The van der Waals surface area contributed by atoms with Crippen molar-refractivity contribution < 1.29 is 18.7 Å². The maximum atomic E-state index is 12.0. The molecule has 0 aliphatic carbocycles. The molecule has 2 aromatic carbocycles. The fourth-order valence-corrected chi connectivity index (χ4v) is 2.50. The van der Waals surface area contributed by atoms with E-state index in [1.807, 2.05) is 48.5 Å². The summed E-state index contributed by atoms with van der Waals surface area (Å²) in [6.07, 6.45) is 3.09. The van der Waals surface area contributed by atoms with E-state index in [9.17, 15) is 4.79 Å². The van der Waals surface area contributed by atoms with Crippen LogP contribution < -0.4 is 14.8 Å². The lowest BCUT2D eigenvalue weighted by atomic mass is 10.2. The summed E-state index contributed by atoms with van der Waals surface area (Å²) in [7, 11) is 3.23. The van der Waals surface area contributed by atoms with Crippen molar-refractivity contribution in [3.8, 4) is 11.5 Å². The second-order valence-corrected chi connectivity index (χ2v) is 5.42. The number of hydrogen-bond acceptors (Lipinski definition) is 4. The molecule has 1 aromatic heterocycles. The molecule has 1 amide bonds. The standard InChI is InChI=1S/C20H19NO4/c1-23-16-7-9-19-15(11-16)12-17(25-19)8-10-20(22)21-13-14-5-3-4-6-18(14)24-2/h3-12H,13H2,1-2H3,(H,21,22). The SMILES string of the molecule is COc1ccc2oc(C=CC(=O)NCc3ccccc3OC)cc2c1. The van der Waals surface area contributed by atoms with Crippen LogP contribution in [-0.2, 0) is 11.3 Å². The molecule has 0 aliphatic heterocycles. The van der Waals surface area contributed by atoms with Crippen LogP contribution in [0.2, 0.25) is 0 Å². The van der Waals surface area contributed by atoms with Gasteiger partial charge in [0, 0.05) is 23.6 Å². The van der Waals surface area contributed by atoms with E-state index in [-0.39, 0.29) is 5.91 Å². The van der Waals surface area contributed by atoms with Gasteiger partial charge < -0.3 is 19.2 Å². The maximum Gasteiger partial charge on any atom is 0.244 e. The molecule has 5 heteroatoms. The third-order valence-electron chi connectivity index (χ3n) is 3.79. The van der Waals surface area contributed by atoms with E-state index in [0.29, 0.717) is 12.3 Å². The first kappa shape index (κ1) is 16.6. The number of fused-ring (bicyclic) bond motifs is 1. The third kappa shape index (κ3) is 4.01. The zero-order valence-electron chi connectivity index (χ0n) is 14.1. The summed E-state index contributed by atoms with van der Waals surface area (Å²) >= 11 is 0. The molecule has 0 spiro atoms. The predicted molar refractivity (Wildman–Crippen MR) is 96.6 cm³/mol. The molecule has 0 atom stereocenters. The Kier molecular flexibility index (Phi) is 5.04. The first-order valence-corrected chi connectivity index (χ1v) is 7.85. The van der Waals surface area contributed by atoms with E-state index in [1.165, 1.54) is 6.08 Å². The van der Waals surface area contributed by atoms with Crippen molar-refractivity contribution in [1.82, 2.24) is 5.32 Å². The largest absolute Gasteiger partial charge is 0.497 e. The number of amides is 1. The van der Waals surface area contributed by atoms with Crippen LogP contribution in [0.25, 0.3) is 17.0 Å². The number of para-hydroxylation sites is 1. The number of nitrogens with one attached hydrogen (secondary N) is 1. The summed E-state index contributed by atoms with van der Waals surface area (Å²) in [5.74, 6) is 1.91. The highest BCUT2D eigenvalue weighted by atomic mass is 16.5. The molecule has 5 nitrogen and oxygen atoms in total. The van der Waals surface area contributed by atoms with Crippen molar-refractivity contribution in [2.24, 2.45) is 0 Å². The zero-order valence-corrected chi connectivity index (χ0v) is 14.1. The monoisotopic (exact) mass is 337 g/mol. The Morgan fingerprint density at radius 2 is 1.96 bits per heavy atom. The molecule has 0 bridgehead atoms. The molecule has 0 saturated heterocycles. The molecule has 128 valence electrons. The van der Waals surface area contributed by atoms with Gasteiger partial charge >= 0.3 is 0 Å². The number of carbonyl (C=O) groups is 1. The lowest BCUT2D eigenvalue weighted by Crippen LogP contribution is -2.20. The Morgan fingerprint density at radius 3 is 2.76 bits per heavy atom. The maximum absolute atomic E-state index is 12.0. The van der Waals surface area contributed by atoms with Crippen molar-refractivity contribution >= 4 is 23.0 Å². The van der Waals surface area contributed by atoms with E-state index in [2.05, 4.69) is 5.32 Å². The van der Waals surface area contributed by atoms with Gasteiger partial charge in [-0.1, -0.05) is 18.2 Å². The minimum absolute atomic E-state index is 0.205. The number of hydrogen-bond donors (Lipinski definition) is 1. The van der Waals surface area contributed by atoms with E-state index in [4.69, 9.17) is 13.9 Å². The van der Waals surface area contributed by atoms with Gasteiger partial charge in [-0.2, -0.15) is 0 Å². The summed E-state index contributed by atoms with van der Waals surface area (Å²) < 4.78 is 16.1. The lowest BCUT2D eigenvalue weighted by molar-refractivity contribution is -0.116. The van der Waals surface area contributed by atoms with Gasteiger partial charge in [-0.05, 0) is 36.4 Å². The summed E-state index contributed by atoms with van der Waals surface area (Å²) in [6.45, 7) is 0.393. The third-order valence-corrected chi connectivity index (χ3v) is 3.79. The topological polar surface area (TPSA) is 60.7 Å². The number of rotatable bonds is 6. The van der Waals surface area contributed by atoms with E-state index in [1.54, 1.807) is 20.3 Å². The second kappa shape index (κ2) is 7.57. The van der Waals surface area contributed by atoms with Crippen LogP contribution in [0.15, 0.2) is 59.0 Å². The zero-order chi connectivity index (χ0) is 17.6. The number of methoxy groups -OCH3 is 2. The van der Waals surface area contributed by atoms with Crippen LogP contribution in [0.3, 0.4) is 0 Å². The highest BCUT2D eigenvalue weighted by molar-refractivity contribution is 5.92. The van der Waals surface area contributed by atoms with E-state index >= 15 is 0 Å². The molecule has 0 aliphatic rings. The van der Waals surface area contributed by atoms with Gasteiger partial charge in [-0.3, -0.25) is 4.79 Å². The summed E-state index contributed by atoms with van der Waals surface area (Å²) in [5, 5.41) is 3.75. The van der Waals surface area contributed by atoms with Crippen molar-refractivity contribution in [2.75, 3.05) is 14.2 Å². The normalized spacial score (nSPS) is 11.0. The first-order valence-electron chi connectivity index (χ1n) is 7.85. The molecule has 0 unspecified atom stereocenters.